The summed E-state index contributed by atoms with van der Waals surface area (Å²) in [7, 11) is 3.08. The van der Waals surface area contributed by atoms with Crippen LogP contribution < -0.4 is 9.47 Å². The van der Waals surface area contributed by atoms with Crippen LogP contribution in [0.25, 0.3) is 0 Å². The fraction of sp³-hybridized carbons (Fsp3) is 0.714. The first-order valence-corrected chi connectivity index (χ1v) is 7.11. The molecule has 3 heterocycles. The van der Waals surface area contributed by atoms with Crippen molar-refractivity contribution >= 4 is 0 Å². The van der Waals surface area contributed by atoms with Crippen molar-refractivity contribution in [1.29, 1.82) is 0 Å². The summed E-state index contributed by atoms with van der Waals surface area (Å²) in [6, 6.07) is 0.118. The lowest BCUT2D eigenvalue weighted by atomic mass is 9.86. The topological polar surface area (TPSA) is 67.7 Å². The molecule has 0 bridgehead atoms. The maximum Gasteiger partial charge on any atom is 0.241 e. The zero-order valence-corrected chi connectivity index (χ0v) is 12.0. The molecule has 6 heteroatoms. The Hall–Kier alpha value is -1.40. The molecule has 2 saturated heterocycles. The second-order valence-corrected chi connectivity index (χ2v) is 5.49. The van der Waals surface area contributed by atoms with Gasteiger partial charge in [-0.25, -0.2) is 4.98 Å². The molecule has 6 nitrogen and oxygen atoms in total. The Bertz CT molecular complexity index is 497. The van der Waals surface area contributed by atoms with Gasteiger partial charge in [0.05, 0.1) is 20.4 Å². The predicted octanol–water partition coefficient (Wildman–Crippen LogP) is 0.940. The summed E-state index contributed by atoms with van der Waals surface area (Å²) in [5, 5.41) is 11.2. The van der Waals surface area contributed by atoms with Crippen LogP contribution in [0.3, 0.4) is 0 Å². The zero-order chi connectivity index (χ0) is 14.2. The first kappa shape index (κ1) is 13.6. The van der Waals surface area contributed by atoms with Gasteiger partial charge in [0.1, 0.15) is 11.3 Å². The molecule has 0 radical (unpaired) electrons. The Morgan fingerprint density at radius 3 is 2.90 bits per heavy atom. The summed E-state index contributed by atoms with van der Waals surface area (Å²) in [6.45, 7) is 1.96. The maximum atomic E-state index is 11.2. The fourth-order valence-electron chi connectivity index (χ4n) is 3.45. The van der Waals surface area contributed by atoms with Crippen LogP contribution in [0.15, 0.2) is 6.20 Å². The average molecular weight is 279 g/mol. The highest BCUT2D eigenvalue weighted by molar-refractivity contribution is 5.31. The van der Waals surface area contributed by atoms with E-state index in [0.717, 1.165) is 25.9 Å². The van der Waals surface area contributed by atoms with E-state index in [1.165, 1.54) is 13.5 Å². The molecule has 0 saturated carbocycles. The van der Waals surface area contributed by atoms with Crippen LogP contribution in [-0.2, 0) is 5.60 Å². The van der Waals surface area contributed by atoms with E-state index in [0.29, 0.717) is 23.9 Å². The third kappa shape index (κ3) is 2.03. The molecule has 1 aromatic rings. The maximum absolute atomic E-state index is 11.2. The van der Waals surface area contributed by atoms with Crippen molar-refractivity contribution < 1.29 is 14.6 Å². The SMILES string of the molecule is COc1cnc(C2(O)CCN3CCCCC32)c(OC)n1. The normalized spacial score (nSPS) is 30.1. The Labute approximate surface area is 118 Å². The summed E-state index contributed by atoms with van der Waals surface area (Å²) in [6.07, 6.45) is 5.57. The number of hydrogen-bond donors (Lipinski definition) is 1. The minimum Gasteiger partial charge on any atom is -0.480 e. The van der Waals surface area contributed by atoms with Crippen molar-refractivity contribution in [3.63, 3.8) is 0 Å². The second-order valence-electron chi connectivity index (χ2n) is 5.49. The fourth-order valence-corrected chi connectivity index (χ4v) is 3.45. The lowest BCUT2D eigenvalue weighted by Crippen LogP contribution is -2.45. The minimum atomic E-state index is -0.967. The number of aromatic nitrogens is 2. The number of rotatable bonds is 3. The molecule has 110 valence electrons. The zero-order valence-electron chi connectivity index (χ0n) is 12.0. The number of ether oxygens (including phenoxy) is 2. The molecular weight excluding hydrogens is 258 g/mol. The Balaban J connectivity index is 1.98. The molecule has 0 spiro atoms. The Kier molecular flexibility index (Phi) is 3.52. The van der Waals surface area contributed by atoms with Gasteiger partial charge in [-0.3, -0.25) is 4.90 Å². The van der Waals surface area contributed by atoms with Gasteiger partial charge >= 0.3 is 0 Å². The minimum absolute atomic E-state index is 0.118. The highest BCUT2D eigenvalue weighted by Gasteiger charge is 2.50. The molecule has 0 amide bonds. The van der Waals surface area contributed by atoms with Crippen LogP contribution >= 0.6 is 0 Å². The Morgan fingerprint density at radius 2 is 2.15 bits per heavy atom. The smallest absolute Gasteiger partial charge is 0.241 e. The highest BCUT2D eigenvalue weighted by Crippen LogP contribution is 2.43. The van der Waals surface area contributed by atoms with Crippen LogP contribution in [0.4, 0.5) is 0 Å². The van der Waals surface area contributed by atoms with E-state index >= 15 is 0 Å². The molecule has 0 aliphatic carbocycles. The lowest BCUT2D eigenvalue weighted by Gasteiger charge is -2.37. The van der Waals surface area contributed by atoms with Crippen LogP contribution in [0.1, 0.15) is 31.4 Å². The van der Waals surface area contributed by atoms with E-state index in [-0.39, 0.29) is 6.04 Å². The summed E-state index contributed by atoms with van der Waals surface area (Å²) in [5.41, 5.74) is -0.430. The third-order valence-electron chi connectivity index (χ3n) is 4.48. The van der Waals surface area contributed by atoms with Gasteiger partial charge in [-0.1, -0.05) is 6.42 Å². The highest BCUT2D eigenvalue weighted by atomic mass is 16.5. The lowest BCUT2D eigenvalue weighted by molar-refractivity contribution is -0.0196. The van der Waals surface area contributed by atoms with Crippen LogP contribution in [0.5, 0.6) is 11.8 Å². The number of nitrogens with zero attached hydrogens (tertiary/aromatic N) is 3. The van der Waals surface area contributed by atoms with Crippen LogP contribution in [-0.4, -0.2) is 53.3 Å². The molecule has 3 rings (SSSR count). The van der Waals surface area contributed by atoms with Crippen molar-refractivity contribution in [2.45, 2.75) is 37.3 Å². The van der Waals surface area contributed by atoms with Gasteiger partial charge in [0.15, 0.2) is 0 Å². The van der Waals surface area contributed by atoms with Gasteiger partial charge < -0.3 is 14.6 Å². The third-order valence-corrected chi connectivity index (χ3v) is 4.48. The molecule has 2 fully saturated rings. The van der Waals surface area contributed by atoms with Gasteiger partial charge in [-0.15, -0.1) is 0 Å². The van der Waals surface area contributed by atoms with Crippen molar-refractivity contribution in [3.05, 3.63) is 11.9 Å². The van der Waals surface area contributed by atoms with Crippen molar-refractivity contribution in [2.75, 3.05) is 27.3 Å². The number of methoxy groups -OCH3 is 2. The monoisotopic (exact) mass is 279 g/mol. The first-order chi connectivity index (χ1) is 9.69. The summed E-state index contributed by atoms with van der Waals surface area (Å²) in [5.74, 6) is 0.756. The summed E-state index contributed by atoms with van der Waals surface area (Å²) >= 11 is 0. The van der Waals surface area contributed by atoms with E-state index in [1.807, 2.05) is 0 Å². The van der Waals surface area contributed by atoms with Gasteiger partial charge in [-0.2, -0.15) is 4.98 Å². The van der Waals surface area contributed by atoms with Crippen LogP contribution in [0, 0.1) is 0 Å². The molecule has 2 unspecified atom stereocenters. The number of piperidine rings is 1. The van der Waals surface area contributed by atoms with E-state index in [2.05, 4.69) is 14.9 Å². The largest absolute Gasteiger partial charge is 0.480 e. The van der Waals surface area contributed by atoms with Crippen LogP contribution in [0.2, 0.25) is 0 Å². The van der Waals surface area contributed by atoms with Crippen molar-refractivity contribution in [3.8, 4) is 11.8 Å². The number of fused-ring (bicyclic) bond motifs is 1. The first-order valence-electron chi connectivity index (χ1n) is 7.11. The Morgan fingerprint density at radius 1 is 1.30 bits per heavy atom. The standard InChI is InChI=1S/C14H21N3O3/c1-19-11-9-15-12(13(16-11)20-2)14(18)6-8-17-7-4-3-5-10(14)17/h9-10,18H,3-8H2,1-2H3. The second kappa shape index (κ2) is 5.18. The van der Waals surface area contributed by atoms with Gasteiger partial charge in [-0.05, 0) is 25.8 Å². The molecule has 1 N–H and O–H groups in total. The van der Waals surface area contributed by atoms with E-state index in [4.69, 9.17) is 9.47 Å². The van der Waals surface area contributed by atoms with E-state index in [9.17, 15) is 5.11 Å². The quantitative estimate of drug-likeness (QED) is 0.888. The van der Waals surface area contributed by atoms with E-state index < -0.39 is 5.60 Å². The summed E-state index contributed by atoms with van der Waals surface area (Å²) < 4.78 is 10.4. The van der Waals surface area contributed by atoms with Gasteiger partial charge in [0, 0.05) is 12.6 Å². The number of aliphatic hydroxyl groups is 1. The van der Waals surface area contributed by atoms with Gasteiger partial charge in [0.25, 0.3) is 0 Å². The molecule has 2 aliphatic rings. The number of hydrogen-bond acceptors (Lipinski definition) is 6. The molecule has 2 atom stereocenters. The average Bonchev–Trinajstić information content (AvgIpc) is 2.85. The molecule has 0 aromatic carbocycles. The van der Waals surface area contributed by atoms with E-state index in [1.54, 1.807) is 13.3 Å². The molecular formula is C14H21N3O3. The molecule has 2 aliphatic heterocycles. The predicted molar refractivity (Wildman–Crippen MR) is 72.9 cm³/mol. The summed E-state index contributed by atoms with van der Waals surface area (Å²) in [4.78, 5) is 11.0. The van der Waals surface area contributed by atoms with Gasteiger partial charge in [0.2, 0.25) is 11.8 Å². The molecule has 1 aromatic heterocycles. The molecule has 20 heavy (non-hydrogen) atoms. The van der Waals surface area contributed by atoms with Crippen molar-refractivity contribution in [2.24, 2.45) is 0 Å². The van der Waals surface area contributed by atoms with Crippen molar-refractivity contribution in [1.82, 2.24) is 14.9 Å².